The molecule has 0 saturated heterocycles. The normalized spacial score (nSPS) is 12.1. The molecule has 0 aliphatic heterocycles. The third-order valence-electron chi connectivity index (χ3n) is 3.21. The average Bonchev–Trinajstić information content (AvgIpc) is 2.47. The molecule has 2 rings (SSSR count). The summed E-state index contributed by atoms with van der Waals surface area (Å²) >= 11 is 0. The number of hydrogen-bond donors (Lipinski definition) is 2. The number of nitrogens with zero attached hydrogens (tertiary/aromatic N) is 1. The SMILES string of the molecule is CCc1ccc(O)c([C@@H](O)c2ccc([N+](=O)[O-])cc2)c1. The van der Waals surface area contributed by atoms with Crippen LogP contribution in [-0.2, 0) is 6.42 Å². The summed E-state index contributed by atoms with van der Waals surface area (Å²) in [6.45, 7) is 1.98. The largest absolute Gasteiger partial charge is 0.508 e. The van der Waals surface area contributed by atoms with Crippen molar-refractivity contribution in [3.8, 4) is 5.75 Å². The fraction of sp³-hybridized carbons (Fsp3) is 0.200. The lowest BCUT2D eigenvalue weighted by atomic mass is 9.98. The Morgan fingerprint density at radius 1 is 1.20 bits per heavy atom. The average molecular weight is 273 g/mol. The minimum Gasteiger partial charge on any atom is -0.508 e. The van der Waals surface area contributed by atoms with Gasteiger partial charge in [-0.05, 0) is 41.8 Å². The van der Waals surface area contributed by atoms with Crippen molar-refractivity contribution in [1.82, 2.24) is 0 Å². The summed E-state index contributed by atoms with van der Waals surface area (Å²) in [5.74, 6) is 0.00746. The molecule has 2 aromatic carbocycles. The van der Waals surface area contributed by atoms with E-state index in [0.717, 1.165) is 12.0 Å². The molecule has 0 saturated carbocycles. The maximum Gasteiger partial charge on any atom is 0.269 e. The molecule has 0 amide bonds. The minimum absolute atomic E-state index is 0.00746. The summed E-state index contributed by atoms with van der Waals surface area (Å²) in [7, 11) is 0. The second-order valence-corrected chi connectivity index (χ2v) is 4.50. The van der Waals surface area contributed by atoms with Gasteiger partial charge in [0.25, 0.3) is 5.69 Å². The van der Waals surface area contributed by atoms with E-state index >= 15 is 0 Å². The van der Waals surface area contributed by atoms with E-state index in [4.69, 9.17) is 0 Å². The Bertz CT molecular complexity index is 622. The van der Waals surface area contributed by atoms with E-state index in [2.05, 4.69) is 0 Å². The van der Waals surface area contributed by atoms with Crippen molar-refractivity contribution in [2.75, 3.05) is 0 Å². The van der Waals surface area contributed by atoms with Gasteiger partial charge in [0, 0.05) is 17.7 Å². The van der Waals surface area contributed by atoms with Crippen molar-refractivity contribution >= 4 is 5.69 Å². The van der Waals surface area contributed by atoms with Crippen molar-refractivity contribution in [2.45, 2.75) is 19.4 Å². The fourth-order valence-corrected chi connectivity index (χ4v) is 2.00. The van der Waals surface area contributed by atoms with Crippen molar-refractivity contribution in [3.63, 3.8) is 0 Å². The van der Waals surface area contributed by atoms with Gasteiger partial charge in [0.05, 0.1) is 4.92 Å². The van der Waals surface area contributed by atoms with E-state index < -0.39 is 11.0 Å². The molecule has 2 N–H and O–H groups in total. The number of phenols is 1. The number of aromatic hydroxyl groups is 1. The zero-order chi connectivity index (χ0) is 14.7. The van der Waals surface area contributed by atoms with Crippen molar-refractivity contribution in [2.24, 2.45) is 0 Å². The lowest BCUT2D eigenvalue weighted by Gasteiger charge is -2.14. The van der Waals surface area contributed by atoms with Crippen molar-refractivity contribution in [1.29, 1.82) is 0 Å². The predicted octanol–water partition coefficient (Wildman–Crippen LogP) is 2.94. The molecule has 2 aromatic rings. The number of non-ortho nitro benzene ring substituents is 1. The number of nitro groups is 1. The zero-order valence-corrected chi connectivity index (χ0v) is 11.0. The Morgan fingerprint density at radius 3 is 2.40 bits per heavy atom. The van der Waals surface area contributed by atoms with Crippen LogP contribution in [0.1, 0.15) is 29.7 Å². The number of phenolic OH excluding ortho intramolecular Hbond substituents is 1. The molecule has 0 heterocycles. The van der Waals surface area contributed by atoms with E-state index in [1.54, 1.807) is 18.2 Å². The highest BCUT2D eigenvalue weighted by atomic mass is 16.6. The molecule has 0 unspecified atom stereocenters. The van der Waals surface area contributed by atoms with Crippen LogP contribution in [0.2, 0.25) is 0 Å². The third kappa shape index (κ3) is 2.78. The summed E-state index contributed by atoms with van der Waals surface area (Å²) in [4.78, 5) is 10.1. The Kier molecular flexibility index (Phi) is 4.00. The van der Waals surface area contributed by atoms with Gasteiger partial charge in [0.1, 0.15) is 11.9 Å². The van der Waals surface area contributed by atoms with E-state index in [9.17, 15) is 20.3 Å². The highest BCUT2D eigenvalue weighted by Crippen LogP contribution is 2.31. The topological polar surface area (TPSA) is 83.6 Å². The van der Waals surface area contributed by atoms with E-state index in [0.29, 0.717) is 11.1 Å². The van der Waals surface area contributed by atoms with E-state index in [1.807, 2.05) is 6.92 Å². The standard InChI is InChI=1S/C15H15NO4/c1-2-10-3-8-14(17)13(9-10)15(18)11-4-6-12(7-5-11)16(19)20/h3-9,15,17-18H,2H2,1H3/t15-/m0/s1. The van der Waals surface area contributed by atoms with Crippen LogP contribution in [0.3, 0.4) is 0 Å². The van der Waals surface area contributed by atoms with Crippen LogP contribution in [0.15, 0.2) is 42.5 Å². The van der Waals surface area contributed by atoms with Crippen LogP contribution < -0.4 is 0 Å². The number of hydrogen-bond acceptors (Lipinski definition) is 4. The van der Waals surface area contributed by atoms with E-state index in [-0.39, 0.29) is 11.4 Å². The first-order chi connectivity index (χ1) is 9.52. The second-order valence-electron chi connectivity index (χ2n) is 4.50. The number of aryl methyl sites for hydroxylation is 1. The smallest absolute Gasteiger partial charge is 0.269 e. The van der Waals surface area contributed by atoms with E-state index in [1.165, 1.54) is 24.3 Å². The van der Waals surface area contributed by atoms with Crippen LogP contribution in [0, 0.1) is 10.1 Å². The van der Waals surface area contributed by atoms with Crippen molar-refractivity contribution in [3.05, 3.63) is 69.3 Å². The van der Waals surface area contributed by atoms with Crippen molar-refractivity contribution < 1.29 is 15.1 Å². The van der Waals surface area contributed by atoms with Gasteiger partial charge < -0.3 is 10.2 Å². The number of aliphatic hydroxyl groups excluding tert-OH is 1. The Morgan fingerprint density at radius 2 is 1.85 bits per heavy atom. The van der Waals surface area contributed by atoms with Gasteiger partial charge in [-0.1, -0.05) is 13.0 Å². The van der Waals surface area contributed by atoms with Gasteiger partial charge in [-0.15, -0.1) is 0 Å². The molecule has 0 radical (unpaired) electrons. The van der Waals surface area contributed by atoms with Crippen LogP contribution in [0.25, 0.3) is 0 Å². The second kappa shape index (κ2) is 5.71. The Labute approximate surface area is 116 Å². The number of nitro benzene ring substituents is 1. The van der Waals surface area contributed by atoms with Gasteiger partial charge in [0.15, 0.2) is 0 Å². The predicted molar refractivity (Wildman–Crippen MR) is 74.6 cm³/mol. The Balaban J connectivity index is 2.35. The summed E-state index contributed by atoms with van der Waals surface area (Å²) < 4.78 is 0. The molecule has 0 aromatic heterocycles. The first kappa shape index (κ1) is 14.0. The lowest BCUT2D eigenvalue weighted by Crippen LogP contribution is -2.01. The van der Waals surface area contributed by atoms with Gasteiger partial charge >= 0.3 is 0 Å². The van der Waals surface area contributed by atoms with Gasteiger partial charge in [0.2, 0.25) is 0 Å². The highest BCUT2D eigenvalue weighted by molar-refractivity contribution is 5.43. The molecular formula is C15H15NO4. The maximum atomic E-state index is 10.6. The monoisotopic (exact) mass is 273 g/mol. The first-order valence-electron chi connectivity index (χ1n) is 6.27. The van der Waals surface area contributed by atoms with Gasteiger partial charge in [-0.2, -0.15) is 0 Å². The fourth-order valence-electron chi connectivity index (χ4n) is 2.00. The Hall–Kier alpha value is -2.40. The number of aliphatic hydroxyl groups is 1. The lowest BCUT2D eigenvalue weighted by molar-refractivity contribution is -0.384. The van der Waals surface area contributed by atoms with Gasteiger partial charge in [-0.3, -0.25) is 10.1 Å². The first-order valence-corrected chi connectivity index (χ1v) is 6.27. The molecule has 5 nitrogen and oxygen atoms in total. The third-order valence-corrected chi connectivity index (χ3v) is 3.21. The summed E-state index contributed by atoms with van der Waals surface area (Å²) in [6.07, 6.45) is -0.220. The highest BCUT2D eigenvalue weighted by Gasteiger charge is 2.16. The molecule has 0 aliphatic carbocycles. The maximum absolute atomic E-state index is 10.6. The minimum atomic E-state index is -1.01. The molecule has 0 fully saturated rings. The zero-order valence-electron chi connectivity index (χ0n) is 11.0. The number of rotatable bonds is 4. The van der Waals surface area contributed by atoms with Crippen LogP contribution in [0.5, 0.6) is 5.75 Å². The van der Waals surface area contributed by atoms with Crippen LogP contribution >= 0.6 is 0 Å². The molecule has 20 heavy (non-hydrogen) atoms. The summed E-state index contributed by atoms with van der Waals surface area (Å²) in [6, 6.07) is 10.7. The molecule has 0 spiro atoms. The van der Waals surface area contributed by atoms with Gasteiger partial charge in [-0.25, -0.2) is 0 Å². The molecular weight excluding hydrogens is 258 g/mol. The van der Waals surface area contributed by atoms with Crippen LogP contribution in [-0.4, -0.2) is 15.1 Å². The molecule has 5 heteroatoms. The molecule has 104 valence electrons. The quantitative estimate of drug-likeness (QED) is 0.662. The number of benzene rings is 2. The molecule has 1 atom stereocenters. The summed E-state index contributed by atoms with van der Waals surface area (Å²) in [5, 5.41) is 30.7. The summed E-state index contributed by atoms with van der Waals surface area (Å²) in [5.41, 5.74) is 1.86. The van der Waals surface area contributed by atoms with Crippen LogP contribution in [0.4, 0.5) is 5.69 Å². The molecule has 0 aliphatic rings. The molecule has 0 bridgehead atoms.